The smallest absolute Gasteiger partial charge is 0.157 e. The van der Waals surface area contributed by atoms with Gasteiger partial charge >= 0.3 is 0 Å². The van der Waals surface area contributed by atoms with Crippen LogP contribution in [0.4, 0.5) is 0 Å². The summed E-state index contributed by atoms with van der Waals surface area (Å²) in [6, 6.07) is 2.10. The largest absolute Gasteiger partial charge is 0.299 e. The van der Waals surface area contributed by atoms with Gasteiger partial charge in [0.25, 0.3) is 0 Å². The molecule has 0 spiro atoms. The maximum Gasteiger partial charge on any atom is 0.157 e. The first-order chi connectivity index (χ1) is 8.66. The highest BCUT2D eigenvalue weighted by Gasteiger charge is 2.24. The minimum Gasteiger partial charge on any atom is -0.299 e. The van der Waals surface area contributed by atoms with Crippen molar-refractivity contribution in [2.45, 2.75) is 38.5 Å². The maximum atomic E-state index is 12.0. The Bertz CT molecular complexity index is 615. The van der Waals surface area contributed by atoms with Gasteiger partial charge in [-0.3, -0.25) is 9.48 Å². The zero-order chi connectivity index (χ0) is 12.7. The Morgan fingerprint density at radius 1 is 1.39 bits per heavy atom. The van der Waals surface area contributed by atoms with Gasteiger partial charge in [-0.2, -0.15) is 5.10 Å². The lowest BCUT2D eigenvalue weighted by Crippen LogP contribution is -2.17. The van der Waals surface area contributed by atoms with Gasteiger partial charge in [-0.05, 0) is 31.4 Å². The molecule has 1 saturated carbocycles. The molecule has 4 heteroatoms. The van der Waals surface area contributed by atoms with E-state index in [4.69, 9.17) is 0 Å². The maximum absolute atomic E-state index is 12.0. The summed E-state index contributed by atoms with van der Waals surface area (Å²) >= 11 is 0. The average Bonchev–Trinajstić information content (AvgIpc) is 2.65. The summed E-state index contributed by atoms with van der Waals surface area (Å²) in [5, 5.41) is 5.43. The molecule has 0 radical (unpaired) electrons. The number of aryl methyl sites for hydroxylation is 2. The quantitative estimate of drug-likeness (QED) is 0.773. The SMILES string of the molecule is Cc1nn(C)c2ncc(C3CCCCC3=O)cc12. The van der Waals surface area contributed by atoms with E-state index in [0.29, 0.717) is 12.2 Å². The topological polar surface area (TPSA) is 47.8 Å². The van der Waals surface area contributed by atoms with Crippen molar-refractivity contribution in [3.63, 3.8) is 0 Å². The van der Waals surface area contributed by atoms with Gasteiger partial charge in [-0.25, -0.2) is 4.98 Å². The molecular weight excluding hydrogens is 226 g/mol. The molecule has 1 unspecified atom stereocenters. The molecule has 0 amide bonds. The van der Waals surface area contributed by atoms with Crippen LogP contribution < -0.4 is 0 Å². The number of carbonyl (C=O) groups is 1. The lowest BCUT2D eigenvalue weighted by molar-refractivity contribution is -0.121. The highest BCUT2D eigenvalue weighted by Crippen LogP contribution is 2.31. The van der Waals surface area contributed by atoms with Crippen LogP contribution in [0.5, 0.6) is 0 Å². The molecule has 1 aliphatic carbocycles. The Balaban J connectivity index is 2.07. The zero-order valence-corrected chi connectivity index (χ0v) is 10.8. The monoisotopic (exact) mass is 243 g/mol. The third-order valence-electron chi connectivity index (χ3n) is 3.84. The Kier molecular flexibility index (Phi) is 2.65. The van der Waals surface area contributed by atoms with Crippen molar-refractivity contribution in [1.82, 2.24) is 14.8 Å². The Hall–Kier alpha value is -1.71. The number of pyridine rings is 1. The molecule has 0 bridgehead atoms. The normalized spacial score (nSPS) is 20.6. The van der Waals surface area contributed by atoms with Crippen molar-refractivity contribution < 1.29 is 4.79 Å². The van der Waals surface area contributed by atoms with Crippen molar-refractivity contribution >= 4 is 16.8 Å². The van der Waals surface area contributed by atoms with Gasteiger partial charge in [-0.15, -0.1) is 0 Å². The van der Waals surface area contributed by atoms with Gasteiger partial charge in [0.1, 0.15) is 5.78 Å². The van der Waals surface area contributed by atoms with Crippen molar-refractivity contribution in [1.29, 1.82) is 0 Å². The molecule has 1 atom stereocenters. The minimum atomic E-state index is 0.0512. The second-order valence-corrected chi connectivity index (χ2v) is 5.11. The number of Topliss-reactive ketones (excluding diaryl/α,β-unsaturated/α-hetero) is 1. The first-order valence-electron chi connectivity index (χ1n) is 6.49. The van der Waals surface area contributed by atoms with Gasteiger partial charge in [-0.1, -0.05) is 6.42 Å². The van der Waals surface area contributed by atoms with Crippen LogP contribution in [0.15, 0.2) is 12.3 Å². The summed E-state index contributed by atoms with van der Waals surface area (Å²) in [6.45, 7) is 1.98. The third kappa shape index (κ3) is 1.72. The van der Waals surface area contributed by atoms with Crippen LogP contribution in [0.2, 0.25) is 0 Å². The fourth-order valence-corrected chi connectivity index (χ4v) is 2.85. The fourth-order valence-electron chi connectivity index (χ4n) is 2.85. The highest BCUT2D eigenvalue weighted by atomic mass is 16.1. The Labute approximate surface area is 106 Å². The average molecular weight is 243 g/mol. The first-order valence-corrected chi connectivity index (χ1v) is 6.49. The number of hydrogen-bond acceptors (Lipinski definition) is 3. The number of aromatic nitrogens is 3. The summed E-state index contributed by atoms with van der Waals surface area (Å²) in [5.74, 6) is 0.416. The lowest BCUT2D eigenvalue weighted by Gasteiger charge is -2.20. The second-order valence-electron chi connectivity index (χ2n) is 5.11. The summed E-state index contributed by atoms with van der Waals surface area (Å²) in [7, 11) is 1.90. The van der Waals surface area contributed by atoms with Crippen LogP contribution in [0, 0.1) is 6.92 Å². The number of carbonyl (C=O) groups excluding carboxylic acids is 1. The summed E-state index contributed by atoms with van der Waals surface area (Å²) < 4.78 is 1.79. The van der Waals surface area contributed by atoms with Gasteiger partial charge < -0.3 is 0 Å². The number of nitrogens with zero attached hydrogens (tertiary/aromatic N) is 3. The van der Waals surface area contributed by atoms with Crippen molar-refractivity contribution in [2.75, 3.05) is 0 Å². The van der Waals surface area contributed by atoms with Crippen molar-refractivity contribution in [2.24, 2.45) is 7.05 Å². The Morgan fingerprint density at radius 2 is 2.22 bits per heavy atom. The molecule has 0 N–H and O–H groups in total. The standard InChI is InChI=1S/C14H17N3O/c1-9-12-7-10(8-15-14(12)17(2)16-9)11-5-3-4-6-13(11)18/h7-8,11H,3-6H2,1-2H3. The molecule has 3 rings (SSSR count). The van der Waals surface area contributed by atoms with Gasteiger partial charge in [0.15, 0.2) is 5.65 Å². The summed E-state index contributed by atoms with van der Waals surface area (Å²) in [4.78, 5) is 16.4. The van der Waals surface area contributed by atoms with Gasteiger partial charge in [0.2, 0.25) is 0 Å². The predicted molar refractivity (Wildman–Crippen MR) is 69.5 cm³/mol. The van der Waals surface area contributed by atoms with E-state index in [9.17, 15) is 4.79 Å². The number of rotatable bonds is 1. The molecule has 1 fully saturated rings. The number of ketones is 1. The molecule has 4 nitrogen and oxygen atoms in total. The molecule has 0 aliphatic heterocycles. The zero-order valence-electron chi connectivity index (χ0n) is 10.8. The van der Waals surface area contributed by atoms with Crippen LogP contribution in [0.1, 0.15) is 42.9 Å². The molecule has 2 heterocycles. The van der Waals surface area contributed by atoms with E-state index in [1.54, 1.807) is 4.68 Å². The van der Waals surface area contributed by atoms with Gasteiger partial charge in [0, 0.05) is 31.0 Å². The van der Waals surface area contributed by atoms with Crippen molar-refractivity contribution in [3.8, 4) is 0 Å². The lowest BCUT2D eigenvalue weighted by atomic mass is 9.83. The van der Waals surface area contributed by atoms with Crippen LogP contribution in [-0.4, -0.2) is 20.5 Å². The number of fused-ring (bicyclic) bond motifs is 1. The van der Waals surface area contributed by atoms with Gasteiger partial charge in [0.05, 0.1) is 5.69 Å². The molecule has 0 aromatic carbocycles. The molecule has 94 valence electrons. The molecule has 1 aliphatic rings. The first kappa shape index (κ1) is 11.4. The predicted octanol–water partition coefficient (Wildman–Crippen LogP) is 2.50. The van der Waals surface area contributed by atoms with E-state index in [-0.39, 0.29) is 5.92 Å². The van der Waals surface area contributed by atoms with E-state index in [0.717, 1.165) is 41.6 Å². The summed E-state index contributed by atoms with van der Waals surface area (Å²) in [6.07, 6.45) is 5.70. The van der Waals surface area contributed by atoms with Crippen LogP contribution in [0.3, 0.4) is 0 Å². The van der Waals surface area contributed by atoms with E-state index < -0.39 is 0 Å². The second kappa shape index (κ2) is 4.19. The molecule has 0 saturated heterocycles. The summed E-state index contributed by atoms with van der Waals surface area (Å²) in [5.41, 5.74) is 2.92. The van der Waals surface area contributed by atoms with E-state index in [2.05, 4.69) is 16.1 Å². The number of hydrogen-bond donors (Lipinski definition) is 0. The highest BCUT2D eigenvalue weighted by molar-refractivity contribution is 5.88. The minimum absolute atomic E-state index is 0.0512. The molecule has 2 aromatic heterocycles. The van der Waals surface area contributed by atoms with E-state index in [1.165, 1.54) is 0 Å². The van der Waals surface area contributed by atoms with E-state index in [1.807, 2.05) is 20.2 Å². The Morgan fingerprint density at radius 3 is 3.00 bits per heavy atom. The third-order valence-corrected chi connectivity index (χ3v) is 3.84. The van der Waals surface area contributed by atoms with Crippen LogP contribution in [-0.2, 0) is 11.8 Å². The van der Waals surface area contributed by atoms with Crippen LogP contribution in [0.25, 0.3) is 11.0 Å². The van der Waals surface area contributed by atoms with Crippen molar-refractivity contribution in [3.05, 3.63) is 23.5 Å². The molecular formula is C14H17N3O. The van der Waals surface area contributed by atoms with E-state index >= 15 is 0 Å². The molecule has 2 aromatic rings. The molecule has 18 heavy (non-hydrogen) atoms. The fraction of sp³-hybridized carbons (Fsp3) is 0.500. The van der Waals surface area contributed by atoms with Crippen LogP contribution >= 0.6 is 0 Å².